The maximum absolute atomic E-state index is 6.90. The normalized spacial score (nSPS) is 11.5. The number of rotatable bonds is 7. The van der Waals surface area contributed by atoms with Crippen LogP contribution >= 0.6 is 0 Å². The van der Waals surface area contributed by atoms with Crippen LogP contribution in [0.3, 0.4) is 0 Å². The smallest absolute Gasteiger partial charge is 0.143 e. The zero-order chi connectivity index (χ0) is 41.0. The highest BCUT2D eigenvalue weighted by molar-refractivity contribution is 6.17. The Morgan fingerprint density at radius 2 is 0.645 bits per heavy atom. The standard InChI is InChI=1S/C60H39NO/c1-4-17-49-42(12-1)15-9-21-51(49)45-28-26-40(27-29-45)41-30-35-47(36-31-41)61(48-37-32-46(33-38-48)52-22-10-16-43-13-2-5-18-50(43)52)58-25-8-7-20-54(58)55-23-11-24-56-57-39-34-44-14-3-6-19-53(44)59(57)62-60(55)56/h1-39H. The first-order chi connectivity index (χ1) is 30.7. The first-order valence-corrected chi connectivity index (χ1v) is 21.2. The van der Waals surface area contributed by atoms with E-state index in [1.165, 1.54) is 54.7 Å². The van der Waals surface area contributed by atoms with Crippen LogP contribution in [-0.4, -0.2) is 0 Å². The molecule has 12 aromatic rings. The Kier molecular flexibility index (Phi) is 8.53. The van der Waals surface area contributed by atoms with Crippen molar-refractivity contribution < 1.29 is 4.42 Å². The number of hydrogen-bond donors (Lipinski definition) is 0. The predicted molar refractivity (Wildman–Crippen MR) is 263 cm³/mol. The summed E-state index contributed by atoms with van der Waals surface area (Å²) < 4.78 is 6.90. The summed E-state index contributed by atoms with van der Waals surface area (Å²) in [6.45, 7) is 0. The van der Waals surface area contributed by atoms with Crippen molar-refractivity contribution in [3.8, 4) is 44.5 Å². The largest absolute Gasteiger partial charge is 0.455 e. The van der Waals surface area contributed by atoms with Gasteiger partial charge in [0.15, 0.2) is 0 Å². The van der Waals surface area contributed by atoms with Gasteiger partial charge in [-0.2, -0.15) is 0 Å². The molecule has 2 nitrogen and oxygen atoms in total. The minimum atomic E-state index is 0.889. The SMILES string of the molecule is c1ccc(N(c2ccc(-c3ccc(-c4cccc5ccccc45)cc3)cc2)c2ccc(-c3cccc4ccccc34)cc2)c(-c2cccc3c2oc2c4ccccc4ccc32)c1. The highest BCUT2D eigenvalue weighted by atomic mass is 16.3. The summed E-state index contributed by atoms with van der Waals surface area (Å²) >= 11 is 0. The van der Waals surface area contributed by atoms with Crippen LogP contribution in [0.5, 0.6) is 0 Å². The van der Waals surface area contributed by atoms with Crippen molar-refractivity contribution in [2.75, 3.05) is 4.90 Å². The molecule has 62 heavy (non-hydrogen) atoms. The molecule has 1 aromatic heterocycles. The van der Waals surface area contributed by atoms with Crippen molar-refractivity contribution in [2.45, 2.75) is 0 Å². The molecule has 0 amide bonds. The van der Waals surface area contributed by atoms with Crippen molar-refractivity contribution in [2.24, 2.45) is 0 Å². The van der Waals surface area contributed by atoms with E-state index in [0.717, 1.165) is 61.1 Å². The first kappa shape index (κ1) is 35.7. The molecule has 0 aliphatic rings. The molecule has 11 aromatic carbocycles. The maximum Gasteiger partial charge on any atom is 0.143 e. The zero-order valence-corrected chi connectivity index (χ0v) is 33.9. The van der Waals surface area contributed by atoms with Crippen LogP contribution in [0.2, 0.25) is 0 Å². The van der Waals surface area contributed by atoms with Crippen molar-refractivity contribution >= 4 is 71.3 Å². The molecule has 0 aliphatic heterocycles. The molecule has 0 radical (unpaired) electrons. The Labute approximate surface area is 360 Å². The van der Waals surface area contributed by atoms with Gasteiger partial charge < -0.3 is 9.32 Å². The number of hydrogen-bond acceptors (Lipinski definition) is 2. The second kappa shape index (κ2) is 14.8. The van der Waals surface area contributed by atoms with Crippen LogP contribution in [0.1, 0.15) is 0 Å². The predicted octanol–water partition coefficient (Wildman–Crippen LogP) is 17.2. The number of nitrogens with zero attached hydrogens (tertiary/aromatic N) is 1. The molecule has 1 heterocycles. The van der Waals surface area contributed by atoms with E-state index in [2.05, 4.69) is 241 Å². The van der Waals surface area contributed by atoms with Gasteiger partial charge in [-0.05, 0) is 96.7 Å². The Morgan fingerprint density at radius 1 is 0.242 bits per heavy atom. The summed E-state index contributed by atoms with van der Waals surface area (Å²) in [5, 5.41) is 9.53. The van der Waals surface area contributed by atoms with Crippen LogP contribution in [0.15, 0.2) is 241 Å². The number of fused-ring (bicyclic) bond motifs is 7. The summed E-state index contributed by atoms with van der Waals surface area (Å²) in [4.78, 5) is 2.38. The van der Waals surface area contributed by atoms with E-state index >= 15 is 0 Å². The summed E-state index contributed by atoms with van der Waals surface area (Å²) in [6.07, 6.45) is 0. The Hall–Kier alpha value is -8.20. The molecule has 0 fully saturated rings. The fourth-order valence-corrected chi connectivity index (χ4v) is 9.45. The fourth-order valence-electron chi connectivity index (χ4n) is 9.45. The third kappa shape index (κ3) is 6.04. The molecule has 0 unspecified atom stereocenters. The maximum atomic E-state index is 6.90. The topological polar surface area (TPSA) is 16.4 Å². The quantitative estimate of drug-likeness (QED) is 0.160. The minimum absolute atomic E-state index is 0.889. The third-order valence-corrected chi connectivity index (χ3v) is 12.5. The minimum Gasteiger partial charge on any atom is -0.455 e. The van der Waals surface area contributed by atoms with Crippen LogP contribution in [0.25, 0.3) is 98.8 Å². The van der Waals surface area contributed by atoms with Gasteiger partial charge in [0.2, 0.25) is 0 Å². The molecule has 0 saturated heterocycles. The molecule has 0 bridgehead atoms. The molecule has 0 atom stereocenters. The lowest BCUT2D eigenvalue weighted by Crippen LogP contribution is -2.11. The first-order valence-electron chi connectivity index (χ1n) is 21.2. The van der Waals surface area contributed by atoms with E-state index in [9.17, 15) is 0 Å². The van der Waals surface area contributed by atoms with Gasteiger partial charge >= 0.3 is 0 Å². The lowest BCUT2D eigenvalue weighted by atomic mass is 9.96. The molecule has 12 rings (SSSR count). The second-order valence-electron chi connectivity index (χ2n) is 16.0. The molecular weight excluding hydrogens is 751 g/mol. The summed E-state index contributed by atoms with van der Waals surface area (Å²) in [6, 6.07) is 85.3. The van der Waals surface area contributed by atoms with E-state index < -0.39 is 0 Å². The summed E-state index contributed by atoms with van der Waals surface area (Å²) in [5.41, 5.74) is 14.4. The number of furan rings is 1. The number of benzene rings is 11. The summed E-state index contributed by atoms with van der Waals surface area (Å²) in [7, 11) is 0. The van der Waals surface area contributed by atoms with E-state index in [0.29, 0.717) is 0 Å². The molecule has 2 heteroatoms. The van der Waals surface area contributed by atoms with E-state index in [-0.39, 0.29) is 0 Å². The molecule has 0 N–H and O–H groups in total. The van der Waals surface area contributed by atoms with Crippen molar-refractivity contribution in [1.82, 2.24) is 0 Å². The Balaban J connectivity index is 0.977. The average molecular weight is 790 g/mol. The lowest BCUT2D eigenvalue weighted by Gasteiger charge is -2.28. The van der Waals surface area contributed by atoms with Gasteiger partial charge in [-0.25, -0.2) is 0 Å². The van der Waals surface area contributed by atoms with Gasteiger partial charge in [0.05, 0.1) is 5.69 Å². The number of para-hydroxylation sites is 2. The van der Waals surface area contributed by atoms with E-state index in [1.807, 2.05) is 0 Å². The monoisotopic (exact) mass is 789 g/mol. The molecular formula is C60H39NO. The van der Waals surface area contributed by atoms with E-state index in [1.54, 1.807) is 0 Å². The number of anilines is 3. The van der Waals surface area contributed by atoms with Crippen molar-refractivity contribution in [3.63, 3.8) is 0 Å². The van der Waals surface area contributed by atoms with E-state index in [4.69, 9.17) is 4.42 Å². The lowest BCUT2D eigenvalue weighted by molar-refractivity contribution is 0.674. The second-order valence-corrected chi connectivity index (χ2v) is 16.0. The van der Waals surface area contributed by atoms with Crippen molar-refractivity contribution in [1.29, 1.82) is 0 Å². The van der Waals surface area contributed by atoms with Gasteiger partial charge in [-0.1, -0.05) is 200 Å². The van der Waals surface area contributed by atoms with Gasteiger partial charge in [-0.3, -0.25) is 0 Å². The summed E-state index contributed by atoms with van der Waals surface area (Å²) in [5.74, 6) is 0. The van der Waals surface area contributed by atoms with Crippen LogP contribution in [0, 0.1) is 0 Å². The van der Waals surface area contributed by atoms with Gasteiger partial charge in [0, 0.05) is 38.7 Å². The van der Waals surface area contributed by atoms with Gasteiger partial charge in [0.25, 0.3) is 0 Å². The Bertz CT molecular complexity index is 3610. The average Bonchev–Trinajstić information content (AvgIpc) is 3.74. The Morgan fingerprint density at radius 3 is 1.27 bits per heavy atom. The molecule has 0 spiro atoms. The molecule has 290 valence electrons. The zero-order valence-electron chi connectivity index (χ0n) is 33.9. The van der Waals surface area contributed by atoms with Gasteiger partial charge in [0.1, 0.15) is 11.2 Å². The molecule has 0 aliphatic carbocycles. The highest BCUT2D eigenvalue weighted by Crippen LogP contribution is 2.46. The van der Waals surface area contributed by atoms with Crippen LogP contribution < -0.4 is 4.90 Å². The van der Waals surface area contributed by atoms with Crippen LogP contribution in [-0.2, 0) is 0 Å². The fraction of sp³-hybridized carbons (Fsp3) is 0. The third-order valence-electron chi connectivity index (χ3n) is 12.5. The van der Waals surface area contributed by atoms with Crippen LogP contribution in [0.4, 0.5) is 17.1 Å². The highest BCUT2D eigenvalue weighted by Gasteiger charge is 2.21. The van der Waals surface area contributed by atoms with Crippen molar-refractivity contribution in [3.05, 3.63) is 237 Å². The molecule has 0 saturated carbocycles. The van der Waals surface area contributed by atoms with Gasteiger partial charge in [-0.15, -0.1) is 0 Å².